The first-order chi connectivity index (χ1) is 13.6. The minimum atomic E-state index is -0.294. The van der Waals surface area contributed by atoms with Gasteiger partial charge in [0.25, 0.3) is 5.78 Å². The van der Waals surface area contributed by atoms with Gasteiger partial charge in [0.2, 0.25) is 0 Å². The lowest BCUT2D eigenvalue weighted by Crippen LogP contribution is -2.22. The number of hydrogen-bond acceptors (Lipinski definition) is 3. The topological polar surface area (TPSA) is 54.6 Å². The normalized spacial score (nSPS) is 11.6. The van der Waals surface area contributed by atoms with Gasteiger partial charge in [-0.3, -0.25) is 4.79 Å². The van der Waals surface area contributed by atoms with E-state index in [1.807, 2.05) is 86.6 Å². The molecule has 0 saturated carbocycles. The lowest BCUT2D eigenvalue weighted by molar-refractivity contribution is 0.104. The summed E-state index contributed by atoms with van der Waals surface area (Å²) in [6.07, 6.45) is 0. The van der Waals surface area contributed by atoms with E-state index in [0.29, 0.717) is 11.3 Å². The molecule has 4 rings (SSSR count). The van der Waals surface area contributed by atoms with Crippen LogP contribution in [-0.4, -0.2) is 11.6 Å². The zero-order chi connectivity index (χ0) is 19.5. The monoisotopic (exact) mass is 368 g/mol. The molecule has 4 nitrogen and oxygen atoms in total. The molecule has 0 spiro atoms. The number of aryl methyl sites for hydroxylation is 2. The van der Waals surface area contributed by atoms with Crippen molar-refractivity contribution in [2.24, 2.45) is 4.99 Å². The number of ketones is 1. The van der Waals surface area contributed by atoms with Gasteiger partial charge in [0.1, 0.15) is 5.58 Å². The molecule has 28 heavy (non-hydrogen) atoms. The van der Waals surface area contributed by atoms with Crippen LogP contribution in [0.5, 0.6) is 0 Å². The minimum absolute atomic E-state index is 0.215. The summed E-state index contributed by atoms with van der Waals surface area (Å²) in [6, 6.07) is 24.8. The van der Waals surface area contributed by atoms with E-state index in [1.54, 1.807) is 6.07 Å². The minimum Gasteiger partial charge on any atom is -0.452 e. The first-order valence-electron chi connectivity index (χ1n) is 9.11. The molecule has 0 aliphatic rings. The maximum Gasteiger partial charge on any atom is 0.263 e. The smallest absolute Gasteiger partial charge is 0.263 e. The van der Waals surface area contributed by atoms with Gasteiger partial charge in [0.05, 0.1) is 5.69 Å². The summed E-state index contributed by atoms with van der Waals surface area (Å²) in [5, 5.41) is 4.04. The van der Waals surface area contributed by atoms with Crippen molar-refractivity contribution in [3.05, 3.63) is 95.7 Å². The number of benzene rings is 3. The second kappa shape index (κ2) is 7.53. The number of amidine groups is 1. The summed E-state index contributed by atoms with van der Waals surface area (Å²) in [5.74, 6) is 0.177. The van der Waals surface area contributed by atoms with Crippen molar-refractivity contribution in [3.8, 4) is 0 Å². The molecule has 0 radical (unpaired) electrons. The molecule has 1 heterocycles. The summed E-state index contributed by atoms with van der Waals surface area (Å²) >= 11 is 0. The molecule has 0 fully saturated rings. The van der Waals surface area contributed by atoms with Gasteiger partial charge < -0.3 is 9.73 Å². The molecule has 0 bridgehead atoms. The number of Topliss-reactive ketones (excluding diaryl/α,β-unsaturated/α-hetero) is 1. The number of aliphatic imine (C=N–C) groups is 1. The Bertz CT molecular complexity index is 1120. The maximum atomic E-state index is 13.2. The number of anilines is 1. The molecule has 4 heteroatoms. The Morgan fingerprint density at radius 1 is 0.857 bits per heavy atom. The second-order valence-electron chi connectivity index (χ2n) is 6.76. The van der Waals surface area contributed by atoms with Crippen LogP contribution >= 0.6 is 0 Å². The fraction of sp³-hybridized carbons (Fsp3) is 0.0833. The van der Waals surface area contributed by atoms with E-state index in [9.17, 15) is 4.79 Å². The largest absolute Gasteiger partial charge is 0.452 e. The highest BCUT2D eigenvalue weighted by Crippen LogP contribution is 2.21. The number of furan rings is 1. The Balaban J connectivity index is 1.73. The number of nitrogens with zero attached hydrogens (tertiary/aromatic N) is 1. The van der Waals surface area contributed by atoms with Crippen molar-refractivity contribution < 1.29 is 9.21 Å². The third-order valence-corrected chi connectivity index (χ3v) is 4.45. The predicted octanol–water partition coefficient (Wildman–Crippen LogP) is 6.07. The third-order valence-electron chi connectivity index (χ3n) is 4.45. The van der Waals surface area contributed by atoms with Gasteiger partial charge in [-0.1, -0.05) is 53.6 Å². The van der Waals surface area contributed by atoms with Gasteiger partial charge in [-0.15, -0.1) is 0 Å². The average Bonchev–Trinajstić information content (AvgIpc) is 3.14. The van der Waals surface area contributed by atoms with E-state index in [0.717, 1.165) is 22.2 Å². The molecular weight excluding hydrogens is 348 g/mol. The number of carbonyl (C=O) groups excluding carboxylic acids is 1. The fourth-order valence-corrected chi connectivity index (χ4v) is 2.87. The first kappa shape index (κ1) is 17.7. The molecule has 0 aliphatic carbocycles. The quantitative estimate of drug-likeness (QED) is 0.270. The van der Waals surface area contributed by atoms with E-state index in [1.165, 1.54) is 0 Å². The molecule has 0 amide bonds. The molecule has 0 atom stereocenters. The summed E-state index contributed by atoms with van der Waals surface area (Å²) < 4.78 is 5.75. The van der Waals surface area contributed by atoms with E-state index < -0.39 is 0 Å². The molecule has 138 valence electrons. The second-order valence-corrected chi connectivity index (χ2v) is 6.76. The van der Waals surface area contributed by atoms with Gasteiger partial charge in [-0.05, 0) is 50.2 Å². The fourth-order valence-electron chi connectivity index (χ4n) is 2.87. The predicted molar refractivity (Wildman–Crippen MR) is 114 cm³/mol. The molecule has 0 aliphatic heterocycles. The Morgan fingerprint density at radius 3 is 2.18 bits per heavy atom. The van der Waals surface area contributed by atoms with Gasteiger partial charge >= 0.3 is 0 Å². The van der Waals surface area contributed by atoms with Gasteiger partial charge in [0, 0.05) is 11.1 Å². The zero-order valence-electron chi connectivity index (χ0n) is 15.8. The van der Waals surface area contributed by atoms with Crippen molar-refractivity contribution in [2.45, 2.75) is 13.8 Å². The Morgan fingerprint density at radius 2 is 1.50 bits per heavy atom. The Labute approximate surface area is 163 Å². The lowest BCUT2D eigenvalue weighted by atomic mass is 10.2. The first-order valence-corrected chi connectivity index (χ1v) is 9.11. The summed E-state index contributed by atoms with van der Waals surface area (Å²) in [5.41, 5.74) is 4.45. The Kier molecular flexibility index (Phi) is 4.77. The summed E-state index contributed by atoms with van der Waals surface area (Å²) in [7, 11) is 0. The van der Waals surface area contributed by atoms with Crippen molar-refractivity contribution >= 4 is 34.0 Å². The molecule has 4 aromatic rings. The molecule has 0 saturated heterocycles. The number of fused-ring (bicyclic) bond motifs is 1. The van der Waals surface area contributed by atoms with E-state index in [4.69, 9.17) is 4.42 Å². The number of nitrogens with one attached hydrogen (secondary N) is 1. The van der Waals surface area contributed by atoms with E-state index >= 15 is 0 Å². The Hall–Kier alpha value is -3.66. The van der Waals surface area contributed by atoms with Crippen LogP contribution in [-0.2, 0) is 0 Å². The highest BCUT2D eigenvalue weighted by molar-refractivity contribution is 6.48. The van der Waals surface area contributed by atoms with Crippen LogP contribution in [0.15, 0.2) is 88.3 Å². The van der Waals surface area contributed by atoms with Crippen molar-refractivity contribution in [1.29, 1.82) is 0 Å². The van der Waals surface area contributed by atoms with Crippen molar-refractivity contribution in [3.63, 3.8) is 0 Å². The van der Waals surface area contributed by atoms with Crippen molar-refractivity contribution in [1.82, 2.24) is 0 Å². The third kappa shape index (κ3) is 3.86. The van der Waals surface area contributed by atoms with Gasteiger partial charge in [-0.25, -0.2) is 4.99 Å². The molecule has 1 aromatic heterocycles. The van der Waals surface area contributed by atoms with Crippen LogP contribution < -0.4 is 5.32 Å². The molecule has 1 N–H and O–H groups in total. The van der Waals surface area contributed by atoms with Crippen LogP contribution in [0.2, 0.25) is 0 Å². The average molecular weight is 368 g/mol. The highest BCUT2D eigenvalue weighted by atomic mass is 16.3. The van der Waals surface area contributed by atoms with Gasteiger partial charge in [0.15, 0.2) is 11.6 Å². The summed E-state index contributed by atoms with van der Waals surface area (Å²) in [6.45, 7) is 4.03. The molecule has 0 unspecified atom stereocenters. The number of carbonyl (C=O) groups is 1. The number of para-hydroxylation sites is 1. The number of hydrogen-bond donors (Lipinski definition) is 1. The van der Waals surface area contributed by atoms with Gasteiger partial charge in [-0.2, -0.15) is 0 Å². The van der Waals surface area contributed by atoms with E-state index in [-0.39, 0.29) is 17.4 Å². The lowest BCUT2D eigenvalue weighted by Gasteiger charge is -2.09. The van der Waals surface area contributed by atoms with Crippen LogP contribution in [0.1, 0.15) is 21.7 Å². The molecular formula is C24H20N2O2. The van der Waals surface area contributed by atoms with Crippen LogP contribution in [0.25, 0.3) is 11.0 Å². The summed E-state index contributed by atoms with van der Waals surface area (Å²) in [4.78, 5) is 17.7. The van der Waals surface area contributed by atoms with Crippen LogP contribution in [0.3, 0.4) is 0 Å². The zero-order valence-corrected chi connectivity index (χ0v) is 15.8. The van der Waals surface area contributed by atoms with E-state index in [2.05, 4.69) is 10.3 Å². The maximum absolute atomic E-state index is 13.2. The molecule has 3 aromatic carbocycles. The van der Waals surface area contributed by atoms with Crippen molar-refractivity contribution in [2.75, 3.05) is 5.32 Å². The highest BCUT2D eigenvalue weighted by Gasteiger charge is 2.19. The van der Waals surface area contributed by atoms with Crippen LogP contribution in [0.4, 0.5) is 11.4 Å². The standard InChI is InChI=1S/C24H20N2O2/c1-16-7-11-19(12-8-16)25-24(26-20-13-9-17(2)10-14-20)23(27)22-15-18-5-3-4-6-21(18)28-22/h3-15H,1-2H3,(H,25,26). The number of rotatable bonds is 4. The SMILES string of the molecule is Cc1ccc(N=C(Nc2ccc(C)cc2)C(=O)c2cc3ccccc3o2)cc1. The van der Waals surface area contributed by atoms with Crippen LogP contribution in [0, 0.1) is 13.8 Å².